The van der Waals surface area contributed by atoms with Gasteiger partial charge in [0.05, 0.1) is 23.1 Å². The van der Waals surface area contributed by atoms with Crippen molar-refractivity contribution in [1.29, 1.82) is 0 Å². The van der Waals surface area contributed by atoms with Crippen molar-refractivity contribution >= 4 is 32.6 Å². The number of fused-ring (bicyclic) bond motifs is 1. The molecule has 2 aromatic rings. The summed E-state index contributed by atoms with van der Waals surface area (Å²) in [5.74, 6) is 6.60. The molecule has 0 saturated carbocycles. The second-order valence-corrected chi connectivity index (χ2v) is 7.05. The van der Waals surface area contributed by atoms with Gasteiger partial charge in [0.15, 0.2) is 5.65 Å². The quantitative estimate of drug-likeness (QED) is 0.444. The van der Waals surface area contributed by atoms with Gasteiger partial charge in [-0.15, -0.1) is 0 Å². The molecule has 10 heteroatoms. The summed E-state index contributed by atoms with van der Waals surface area (Å²) in [5, 5.41) is 10.7. The first-order valence-electron chi connectivity index (χ1n) is 6.22. The van der Waals surface area contributed by atoms with Crippen LogP contribution in [-0.4, -0.2) is 46.1 Å². The number of nitrogens with zero attached hydrogens (tertiary/aromatic N) is 3. The molecular formula is C10H15N7O2S. The van der Waals surface area contributed by atoms with Gasteiger partial charge in [-0.3, -0.25) is 10.5 Å². The largest absolute Gasteiger partial charge is 0.366 e. The van der Waals surface area contributed by atoms with E-state index < -0.39 is 9.84 Å². The van der Waals surface area contributed by atoms with Crippen LogP contribution >= 0.6 is 0 Å². The molecule has 0 spiro atoms. The first-order valence-corrected chi connectivity index (χ1v) is 8.04. The number of aromatic nitrogens is 4. The summed E-state index contributed by atoms with van der Waals surface area (Å²) in [6, 6.07) is 0.0668. The van der Waals surface area contributed by atoms with Crippen molar-refractivity contribution in [1.82, 2.24) is 20.2 Å². The Kier molecular flexibility index (Phi) is 3.18. The summed E-state index contributed by atoms with van der Waals surface area (Å²) >= 11 is 0. The zero-order valence-corrected chi connectivity index (χ0v) is 11.4. The Labute approximate surface area is 115 Å². The van der Waals surface area contributed by atoms with Crippen LogP contribution in [0, 0.1) is 0 Å². The predicted molar refractivity (Wildman–Crippen MR) is 74.8 cm³/mol. The number of aromatic amines is 1. The maximum Gasteiger partial charge on any atom is 0.241 e. The van der Waals surface area contributed by atoms with E-state index in [1.165, 1.54) is 0 Å². The molecule has 5 N–H and O–H groups in total. The first-order chi connectivity index (χ1) is 9.57. The van der Waals surface area contributed by atoms with Crippen molar-refractivity contribution < 1.29 is 8.42 Å². The minimum Gasteiger partial charge on any atom is -0.366 e. The molecule has 1 saturated heterocycles. The zero-order valence-electron chi connectivity index (χ0n) is 10.6. The number of rotatable bonds is 3. The fraction of sp³-hybridized carbons (Fsp3) is 0.500. The number of sulfone groups is 1. The summed E-state index contributed by atoms with van der Waals surface area (Å²) in [5.41, 5.74) is 2.96. The molecule has 2 aromatic heterocycles. The summed E-state index contributed by atoms with van der Waals surface area (Å²) in [4.78, 5) is 8.38. The highest BCUT2D eigenvalue weighted by Gasteiger charge is 2.24. The number of hydrogen-bond donors (Lipinski definition) is 4. The van der Waals surface area contributed by atoms with Crippen molar-refractivity contribution in [3.8, 4) is 0 Å². The lowest BCUT2D eigenvalue weighted by Gasteiger charge is -2.23. The van der Waals surface area contributed by atoms with Gasteiger partial charge in [-0.05, 0) is 12.8 Å². The molecule has 108 valence electrons. The molecule has 0 aromatic carbocycles. The third-order valence-corrected chi connectivity index (χ3v) is 5.05. The fourth-order valence-corrected chi connectivity index (χ4v) is 3.73. The van der Waals surface area contributed by atoms with Gasteiger partial charge in [0.2, 0.25) is 5.95 Å². The van der Waals surface area contributed by atoms with Gasteiger partial charge in [-0.25, -0.2) is 14.3 Å². The van der Waals surface area contributed by atoms with Gasteiger partial charge in [0, 0.05) is 6.04 Å². The molecule has 0 bridgehead atoms. The first kappa shape index (κ1) is 13.1. The Hall–Kier alpha value is -1.94. The number of nitrogens with two attached hydrogens (primary N) is 1. The van der Waals surface area contributed by atoms with E-state index in [-0.39, 0.29) is 23.5 Å². The van der Waals surface area contributed by atoms with Gasteiger partial charge in [0.25, 0.3) is 0 Å². The van der Waals surface area contributed by atoms with Gasteiger partial charge in [-0.1, -0.05) is 0 Å². The molecule has 0 aliphatic carbocycles. The van der Waals surface area contributed by atoms with Crippen LogP contribution in [0.25, 0.3) is 11.0 Å². The van der Waals surface area contributed by atoms with Gasteiger partial charge in [0.1, 0.15) is 15.7 Å². The second-order valence-electron chi connectivity index (χ2n) is 4.74. The fourth-order valence-electron chi connectivity index (χ4n) is 2.24. The molecule has 9 nitrogen and oxygen atoms in total. The van der Waals surface area contributed by atoms with E-state index in [0.29, 0.717) is 24.3 Å². The normalized spacial score (nSPS) is 19.1. The van der Waals surface area contributed by atoms with E-state index in [1.54, 1.807) is 6.20 Å². The average molecular weight is 297 g/mol. The number of nitrogens with one attached hydrogen (secondary N) is 3. The van der Waals surface area contributed by atoms with Crippen LogP contribution in [0.4, 0.5) is 11.8 Å². The van der Waals surface area contributed by atoms with Crippen molar-refractivity contribution in [2.75, 3.05) is 22.2 Å². The van der Waals surface area contributed by atoms with E-state index in [1.807, 2.05) is 0 Å². The van der Waals surface area contributed by atoms with E-state index in [0.717, 1.165) is 5.39 Å². The monoisotopic (exact) mass is 297 g/mol. The van der Waals surface area contributed by atoms with E-state index in [4.69, 9.17) is 5.84 Å². The predicted octanol–water partition coefficient (Wildman–Crippen LogP) is -0.372. The van der Waals surface area contributed by atoms with E-state index in [9.17, 15) is 8.42 Å². The molecule has 1 aliphatic rings. The SMILES string of the molecule is NNc1nc(NC2CCS(=O)(=O)CC2)c2cn[nH]c2n1. The molecule has 3 heterocycles. The average Bonchev–Trinajstić information content (AvgIpc) is 2.89. The molecule has 1 fully saturated rings. The number of hydrazine groups is 1. The number of H-pyrrole nitrogens is 1. The maximum atomic E-state index is 11.4. The van der Waals surface area contributed by atoms with Gasteiger partial charge in [-0.2, -0.15) is 15.1 Å². The van der Waals surface area contributed by atoms with Crippen LogP contribution in [0.2, 0.25) is 0 Å². The summed E-state index contributed by atoms with van der Waals surface area (Å²) in [6.45, 7) is 0. The Morgan fingerprint density at radius 2 is 2.05 bits per heavy atom. The van der Waals surface area contributed by atoms with Crippen LogP contribution in [0.1, 0.15) is 12.8 Å². The molecule has 1 aliphatic heterocycles. The van der Waals surface area contributed by atoms with Crippen LogP contribution in [0.3, 0.4) is 0 Å². The zero-order chi connectivity index (χ0) is 14.2. The second kappa shape index (κ2) is 4.87. The molecule has 0 radical (unpaired) electrons. The van der Waals surface area contributed by atoms with Crippen molar-refractivity contribution in [2.24, 2.45) is 5.84 Å². The van der Waals surface area contributed by atoms with Crippen LogP contribution in [-0.2, 0) is 9.84 Å². The minimum absolute atomic E-state index is 0.0668. The summed E-state index contributed by atoms with van der Waals surface area (Å²) < 4.78 is 22.9. The third-order valence-electron chi connectivity index (χ3n) is 3.33. The number of hydrogen-bond acceptors (Lipinski definition) is 8. The maximum absolute atomic E-state index is 11.4. The third kappa shape index (κ3) is 2.51. The Balaban J connectivity index is 1.85. The lowest BCUT2D eigenvalue weighted by molar-refractivity contribution is 0.559. The molecule has 0 unspecified atom stereocenters. The van der Waals surface area contributed by atoms with E-state index >= 15 is 0 Å². The highest BCUT2D eigenvalue weighted by atomic mass is 32.2. The summed E-state index contributed by atoms with van der Waals surface area (Å²) in [6.07, 6.45) is 2.76. The topological polar surface area (TPSA) is 139 Å². The molecule has 0 atom stereocenters. The lowest BCUT2D eigenvalue weighted by atomic mass is 10.1. The minimum atomic E-state index is -2.88. The highest BCUT2D eigenvalue weighted by Crippen LogP contribution is 2.23. The van der Waals surface area contributed by atoms with Crippen LogP contribution in [0.5, 0.6) is 0 Å². The van der Waals surface area contributed by atoms with Crippen molar-refractivity contribution in [2.45, 2.75) is 18.9 Å². The number of anilines is 2. The van der Waals surface area contributed by atoms with E-state index in [2.05, 4.69) is 30.9 Å². The molecule has 20 heavy (non-hydrogen) atoms. The highest BCUT2D eigenvalue weighted by molar-refractivity contribution is 7.91. The van der Waals surface area contributed by atoms with Crippen molar-refractivity contribution in [3.63, 3.8) is 0 Å². The lowest BCUT2D eigenvalue weighted by Crippen LogP contribution is -2.32. The Morgan fingerprint density at radius 1 is 1.30 bits per heavy atom. The van der Waals surface area contributed by atoms with Gasteiger partial charge < -0.3 is 5.32 Å². The van der Waals surface area contributed by atoms with Gasteiger partial charge >= 0.3 is 0 Å². The summed E-state index contributed by atoms with van der Waals surface area (Å²) in [7, 11) is -2.88. The molecular weight excluding hydrogens is 282 g/mol. The Morgan fingerprint density at radius 3 is 2.75 bits per heavy atom. The smallest absolute Gasteiger partial charge is 0.241 e. The number of nitrogen functional groups attached to an aromatic ring is 1. The van der Waals surface area contributed by atoms with Crippen LogP contribution in [0.15, 0.2) is 6.20 Å². The van der Waals surface area contributed by atoms with Crippen LogP contribution < -0.4 is 16.6 Å². The van der Waals surface area contributed by atoms with Crippen molar-refractivity contribution in [3.05, 3.63) is 6.20 Å². The molecule has 3 rings (SSSR count). The standard InChI is InChI=1S/C10H15N7O2S/c11-16-10-14-8(7-5-12-17-9(7)15-10)13-6-1-3-20(18,19)4-2-6/h5-6H,1-4,11H2,(H3,12,13,14,15,16,17). The molecule has 0 amide bonds. The Bertz CT molecular complexity index is 712.